The van der Waals surface area contributed by atoms with E-state index in [0.717, 1.165) is 17.6 Å². The van der Waals surface area contributed by atoms with Gasteiger partial charge in [-0.3, -0.25) is 4.79 Å². The molecule has 1 aliphatic carbocycles. The van der Waals surface area contributed by atoms with Crippen molar-refractivity contribution in [1.29, 1.82) is 0 Å². The fraction of sp³-hybridized carbons (Fsp3) is 0.562. The molecule has 0 amide bonds. The van der Waals surface area contributed by atoms with Gasteiger partial charge in [0, 0.05) is 0 Å². The molecule has 0 aromatic carbocycles. The van der Waals surface area contributed by atoms with Crippen LogP contribution in [-0.4, -0.2) is 28.7 Å². The largest absolute Gasteiger partial charge is 0.392 e. The highest BCUT2D eigenvalue weighted by atomic mass is 16.3. The molecule has 3 heteroatoms. The lowest BCUT2D eigenvalue weighted by Crippen LogP contribution is -2.37. The first-order chi connectivity index (χ1) is 8.85. The van der Waals surface area contributed by atoms with Crippen LogP contribution in [-0.2, 0) is 4.79 Å². The molecule has 0 fully saturated rings. The van der Waals surface area contributed by atoms with Crippen molar-refractivity contribution in [2.75, 3.05) is 6.61 Å². The fourth-order valence-electron chi connectivity index (χ4n) is 2.55. The molecule has 1 aliphatic rings. The molecule has 0 heterocycles. The van der Waals surface area contributed by atoms with Gasteiger partial charge in [-0.2, -0.15) is 0 Å². The van der Waals surface area contributed by atoms with E-state index in [-0.39, 0.29) is 17.8 Å². The zero-order valence-electron chi connectivity index (χ0n) is 12.2. The Morgan fingerprint density at radius 2 is 2.16 bits per heavy atom. The molecule has 0 aliphatic heterocycles. The van der Waals surface area contributed by atoms with Crippen LogP contribution in [0.25, 0.3) is 0 Å². The van der Waals surface area contributed by atoms with E-state index < -0.39 is 6.10 Å². The van der Waals surface area contributed by atoms with Crippen LogP contribution in [0.5, 0.6) is 0 Å². The van der Waals surface area contributed by atoms with Crippen LogP contribution in [0.3, 0.4) is 0 Å². The van der Waals surface area contributed by atoms with Crippen molar-refractivity contribution in [3.8, 4) is 0 Å². The van der Waals surface area contributed by atoms with Gasteiger partial charge in [0.05, 0.1) is 6.61 Å². The second kappa shape index (κ2) is 6.31. The van der Waals surface area contributed by atoms with E-state index in [2.05, 4.69) is 13.8 Å². The number of Topliss-reactive ketones (excluding diaryl/α,β-unsaturated/α-hetero) is 1. The molecule has 106 valence electrons. The Balaban J connectivity index is 3.18. The topological polar surface area (TPSA) is 57.5 Å². The molecule has 19 heavy (non-hydrogen) atoms. The quantitative estimate of drug-likeness (QED) is 0.767. The van der Waals surface area contributed by atoms with E-state index in [1.54, 1.807) is 13.0 Å². The average molecular weight is 264 g/mol. The summed E-state index contributed by atoms with van der Waals surface area (Å²) in [7, 11) is 0. The number of rotatable bonds is 4. The minimum absolute atomic E-state index is 0.0108. The van der Waals surface area contributed by atoms with E-state index in [1.165, 1.54) is 0 Å². The predicted octanol–water partition coefficient (Wildman–Crippen LogP) is 2.55. The number of hydrogen-bond donors (Lipinski definition) is 2. The van der Waals surface area contributed by atoms with Crippen molar-refractivity contribution < 1.29 is 15.0 Å². The lowest BCUT2D eigenvalue weighted by atomic mass is 9.68. The summed E-state index contributed by atoms with van der Waals surface area (Å²) in [6.07, 6.45) is 6.04. The molecule has 0 bridgehead atoms. The summed E-state index contributed by atoms with van der Waals surface area (Å²) in [5.41, 5.74) is 2.43. The van der Waals surface area contributed by atoms with Gasteiger partial charge in [-0.1, -0.05) is 37.6 Å². The Morgan fingerprint density at radius 1 is 1.53 bits per heavy atom. The summed E-state index contributed by atoms with van der Waals surface area (Å²) in [4.78, 5) is 11.9. The normalized spacial score (nSPS) is 29.5. The number of ketones is 1. The number of aliphatic hydroxyl groups excluding tert-OH is 2. The van der Waals surface area contributed by atoms with Gasteiger partial charge in [0.1, 0.15) is 6.10 Å². The summed E-state index contributed by atoms with van der Waals surface area (Å²) < 4.78 is 0. The van der Waals surface area contributed by atoms with Gasteiger partial charge in [0.25, 0.3) is 0 Å². The van der Waals surface area contributed by atoms with Gasteiger partial charge < -0.3 is 10.2 Å². The molecule has 2 atom stereocenters. The highest BCUT2D eigenvalue weighted by Crippen LogP contribution is 2.42. The van der Waals surface area contributed by atoms with Crippen LogP contribution in [0.15, 0.2) is 34.9 Å². The molecule has 0 radical (unpaired) electrons. The zero-order chi connectivity index (χ0) is 14.6. The van der Waals surface area contributed by atoms with Gasteiger partial charge in [-0.15, -0.1) is 0 Å². The lowest BCUT2D eigenvalue weighted by molar-refractivity contribution is -0.125. The van der Waals surface area contributed by atoms with E-state index in [4.69, 9.17) is 5.11 Å². The number of aliphatic hydroxyl groups is 2. The van der Waals surface area contributed by atoms with Crippen molar-refractivity contribution in [3.05, 3.63) is 34.9 Å². The molecule has 1 rings (SSSR count). The van der Waals surface area contributed by atoms with Gasteiger partial charge in [0.2, 0.25) is 0 Å². The molecular weight excluding hydrogens is 240 g/mol. The lowest BCUT2D eigenvalue weighted by Gasteiger charge is -2.37. The van der Waals surface area contributed by atoms with Crippen LogP contribution in [0, 0.1) is 5.41 Å². The Morgan fingerprint density at radius 3 is 2.68 bits per heavy atom. The first-order valence-corrected chi connectivity index (χ1v) is 6.75. The van der Waals surface area contributed by atoms with Gasteiger partial charge in [-0.05, 0) is 43.3 Å². The zero-order valence-corrected chi connectivity index (χ0v) is 12.2. The molecule has 3 nitrogen and oxygen atoms in total. The van der Waals surface area contributed by atoms with Gasteiger partial charge in [-0.25, -0.2) is 0 Å². The Labute approximate surface area is 115 Å². The predicted molar refractivity (Wildman–Crippen MR) is 76.7 cm³/mol. The average Bonchev–Trinajstić information content (AvgIpc) is 2.36. The molecule has 0 saturated heterocycles. The number of carbonyl (C=O) groups is 1. The van der Waals surface area contributed by atoms with E-state index >= 15 is 0 Å². The van der Waals surface area contributed by atoms with Gasteiger partial charge >= 0.3 is 0 Å². The second-order valence-corrected chi connectivity index (χ2v) is 5.50. The Bertz CT molecular complexity index is 443. The third kappa shape index (κ3) is 3.43. The van der Waals surface area contributed by atoms with E-state index in [0.29, 0.717) is 12.0 Å². The summed E-state index contributed by atoms with van der Waals surface area (Å²) in [6, 6.07) is 0. The van der Waals surface area contributed by atoms with Crippen LogP contribution in [0.1, 0.15) is 40.5 Å². The van der Waals surface area contributed by atoms with Crippen molar-refractivity contribution in [2.24, 2.45) is 5.41 Å². The first-order valence-electron chi connectivity index (χ1n) is 6.75. The van der Waals surface area contributed by atoms with Crippen LogP contribution >= 0.6 is 0 Å². The maximum Gasteiger partial charge on any atom is 0.187 e. The molecule has 2 N–H and O–H groups in total. The maximum absolute atomic E-state index is 11.9. The minimum Gasteiger partial charge on any atom is -0.392 e. The van der Waals surface area contributed by atoms with E-state index in [1.807, 2.05) is 19.1 Å². The smallest absolute Gasteiger partial charge is 0.187 e. The van der Waals surface area contributed by atoms with Crippen LogP contribution in [0.2, 0.25) is 0 Å². The van der Waals surface area contributed by atoms with Crippen LogP contribution < -0.4 is 0 Å². The monoisotopic (exact) mass is 264 g/mol. The second-order valence-electron chi connectivity index (χ2n) is 5.50. The highest BCUT2D eigenvalue weighted by Gasteiger charge is 2.38. The van der Waals surface area contributed by atoms with Crippen molar-refractivity contribution in [2.45, 2.75) is 46.6 Å². The minimum atomic E-state index is -0.879. The third-order valence-corrected chi connectivity index (χ3v) is 4.08. The summed E-state index contributed by atoms with van der Waals surface area (Å²) in [5, 5.41) is 18.7. The van der Waals surface area contributed by atoms with Crippen LogP contribution in [0.4, 0.5) is 0 Å². The molecule has 2 unspecified atom stereocenters. The molecule has 0 aromatic rings. The Kier molecular flexibility index (Phi) is 5.27. The van der Waals surface area contributed by atoms with Crippen molar-refractivity contribution in [3.63, 3.8) is 0 Å². The summed E-state index contributed by atoms with van der Waals surface area (Å²) in [6.45, 7) is 7.85. The molecule has 0 saturated carbocycles. The SMILES string of the molecule is CCC1(C)CC(O)C(=O)C(C)=C1/C=C/C(C)=C/CO. The number of carbonyl (C=O) groups excluding carboxylic acids is 1. The highest BCUT2D eigenvalue weighted by molar-refractivity contribution is 6.00. The standard InChI is InChI=1S/C16H24O3/c1-5-16(4)10-14(18)15(19)12(3)13(16)7-6-11(2)8-9-17/h6-8,14,17-18H,5,9-10H2,1-4H3/b7-6+,11-8+. The van der Waals surface area contributed by atoms with Crippen molar-refractivity contribution in [1.82, 2.24) is 0 Å². The summed E-state index contributed by atoms with van der Waals surface area (Å²) >= 11 is 0. The van der Waals surface area contributed by atoms with E-state index in [9.17, 15) is 9.90 Å². The number of hydrogen-bond acceptors (Lipinski definition) is 3. The number of allylic oxidation sites excluding steroid dienone is 4. The summed E-state index contributed by atoms with van der Waals surface area (Å²) in [5.74, 6) is -0.172. The first kappa shape index (κ1) is 15.9. The third-order valence-electron chi connectivity index (χ3n) is 4.08. The molecular formula is C16H24O3. The fourth-order valence-corrected chi connectivity index (χ4v) is 2.55. The molecule has 0 aromatic heterocycles. The van der Waals surface area contributed by atoms with Crippen molar-refractivity contribution >= 4 is 5.78 Å². The van der Waals surface area contributed by atoms with Gasteiger partial charge in [0.15, 0.2) is 5.78 Å². The maximum atomic E-state index is 11.9. The molecule has 0 spiro atoms. The Hall–Kier alpha value is -1.19.